The maximum atomic E-state index is 2.46. The summed E-state index contributed by atoms with van der Waals surface area (Å²) in [5.74, 6) is 0. The molecule has 0 aliphatic heterocycles. The van der Waals surface area contributed by atoms with Gasteiger partial charge >= 0.3 is 0 Å². The van der Waals surface area contributed by atoms with Gasteiger partial charge in [-0.2, -0.15) is 0 Å². The summed E-state index contributed by atoms with van der Waals surface area (Å²) in [5.41, 5.74) is 20.4. The van der Waals surface area contributed by atoms with Gasteiger partial charge in [0.2, 0.25) is 0 Å². The van der Waals surface area contributed by atoms with E-state index in [1.54, 1.807) is 0 Å². The van der Waals surface area contributed by atoms with Gasteiger partial charge in [0, 0.05) is 53.9 Å². The molecule has 0 aliphatic rings. The van der Waals surface area contributed by atoms with E-state index in [1.165, 1.54) is 58.8 Å². The normalized spacial score (nSPS) is 11.3. The number of thiophene rings is 1. The van der Waals surface area contributed by atoms with Crippen molar-refractivity contribution < 1.29 is 0 Å². The molecule has 1 aromatic heterocycles. The van der Waals surface area contributed by atoms with Gasteiger partial charge in [0.25, 0.3) is 0 Å². The van der Waals surface area contributed by atoms with Crippen molar-refractivity contribution >= 4 is 76.4 Å². The van der Waals surface area contributed by atoms with Gasteiger partial charge < -0.3 is 9.80 Å². The van der Waals surface area contributed by atoms with E-state index in [9.17, 15) is 0 Å². The minimum Gasteiger partial charge on any atom is -0.310 e. The molecule has 2 nitrogen and oxygen atoms in total. The maximum absolute atomic E-state index is 2.46. The fraction of sp³-hybridized carbons (Fsp3) is 0. The third-order valence-corrected chi connectivity index (χ3v) is 16.4. The Morgan fingerprint density at radius 3 is 1.15 bits per heavy atom. The van der Waals surface area contributed by atoms with Crippen molar-refractivity contribution in [2.75, 3.05) is 9.80 Å². The molecular weight excluding hydrogens is 973 g/mol. The van der Waals surface area contributed by atoms with E-state index in [-0.39, 0.29) is 0 Å². The second kappa shape index (κ2) is 20.8. The van der Waals surface area contributed by atoms with Crippen molar-refractivity contribution in [2.45, 2.75) is 0 Å². The standard InChI is InChI=1S/C76H52N2S/c1-4-23-53(24-5-1)64-35-12-13-36-65(64)59-31-20-33-62(49-59)77(71-41-17-14-37-66(71)54-25-6-2-7-26-54)63-34-21-32-60(50-63)68-39-16-19-43-73(68)78(72-42-18-15-38-67(72)55-27-8-3-9-28-55)61-47-45-56(46-48-61)69-40-22-44-74-76(69)70-51-57-29-10-11-30-58(57)52-75(70)79-74/h1-52H. The van der Waals surface area contributed by atoms with Crippen LogP contribution in [0.2, 0.25) is 0 Å². The van der Waals surface area contributed by atoms with Crippen LogP contribution in [0, 0.1) is 0 Å². The smallest absolute Gasteiger partial charge is 0.0540 e. The predicted octanol–water partition coefficient (Wildman–Crippen LogP) is 22.1. The lowest BCUT2D eigenvalue weighted by atomic mass is 9.94. The first-order valence-electron chi connectivity index (χ1n) is 27.0. The molecule has 0 atom stereocenters. The zero-order valence-electron chi connectivity index (χ0n) is 43.3. The molecule has 0 saturated heterocycles. The summed E-state index contributed by atoms with van der Waals surface area (Å²) in [4.78, 5) is 4.89. The fourth-order valence-corrected chi connectivity index (χ4v) is 12.7. The highest BCUT2D eigenvalue weighted by Gasteiger charge is 2.24. The molecule has 0 fully saturated rings. The second-order valence-electron chi connectivity index (χ2n) is 20.0. The number of para-hydroxylation sites is 3. The first kappa shape index (κ1) is 47.4. The van der Waals surface area contributed by atoms with Gasteiger partial charge in [-0.25, -0.2) is 0 Å². The number of hydrogen-bond donors (Lipinski definition) is 0. The topological polar surface area (TPSA) is 6.48 Å². The molecule has 3 heteroatoms. The molecule has 14 aromatic rings. The second-order valence-corrected chi connectivity index (χ2v) is 21.1. The average Bonchev–Trinajstić information content (AvgIpc) is 4.04. The highest BCUT2D eigenvalue weighted by Crippen LogP contribution is 2.49. The number of fused-ring (bicyclic) bond motifs is 4. The number of hydrogen-bond acceptors (Lipinski definition) is 3. The van der Waals surface area contributed by atoms with Crippen molar-refractivity contribution in [1.82, 2.24) is 0 Å². The van der Waals surface area contributed by atoms with Crippen molar-refractivity contribution in [3.63, 3.8) is 0 Å². The molecule has 372 valence electrons. The van der Waals surface area contributed by atoms with Crippen molar-refractivity contribution in [3.05, 3.63) is 315 Å². The van der Waals surface area contributed by atoms with Crippen LogP contribution in [0.25, 0.3) is 97.7 Å². The Hall–Kier alpha value is -10.1. The largest absolute Gasteiger partial charge is 0.310 e. The van der Waals surface area contributed by atoms with Crippen LogP contribution in [0.1, 0.15) is 0 Å². The molecule has 0 N–H and O–H groups in total. The summed E-state index contributed by atoms with van der Waals surface area (Å²) < 4.78 is 2.61. The first-order chi connectivity index (χ1) is 39.2. The summed E-state index contributed by atoms with van der Waals surface area (Å²) in [6.45, 7) is 0. The number of rotatable bonds is 12. The van der Waals surface area contributed by atoms with Crippen LogP contribution in [0.15, 0.2) is 315 Å². The Morgan fingerprint density at radius 2 is 0.595 bits per heavy atom. The van der Waals surface area contributed by atoms with E-state index in [4.69, 9.17) is 0 Å². The molecule has 0 spiro atoms. The Labute approximate surface area is 465 Å². The Kier molecular flexibility index (Phi) is 12.5. The molecular formula is C76H52N2S. The molecule has 1 heterocycles. The maximum Gasteiger partial charge on any atom is 0.0540 e. The van der Waals surface area contributed by atoms with E-state index in [1.807, 2.05) is 11.3 Å². The summed E-state index contributed by atoms with van der Waals surface area (Å²) in [7, 11) is 0. The van der Waals surface area contributed by atoms with E-state index in [0.717, 1.165) is 73.1 Å². The van der Waals surface area contributed by atoms with Gasteiger partial charge in [-0.15, -0.1) is 11.3 Å². The van der Waals surface area contributed by atoms with Crippen LogP contribution in [-0.4, -0.2) is 0 Å². The summed E-state index contributed by atoms with van der Waals surface area (Å²) >= 11 is 1.87. The average molecular weight is 1030 g/mol. The number of nitrogens with zero attached hydrogens (tertiary/aromatic N) is 2. The zero-order chi connectivity index (χ0) is 52.5. The summed E-state index contributed by atoms with van der Waals surface area (Å²) in [5, 5.41) is 5.14. The van der Waals surface area contributed by atoms with Crippen molar-refractivity contribution in [3.8, 4) is 66.8 Å². The molecule has 13 aromatic carbocycles. The van der Waals surface area contributed by atoms with Gasteiger partial charge in [0.05, 0.1) is 17.1 Å². The molecule has 0 saturated carbocycles. The van der Waals surface area contributed by atoms with Gasteiger partial charge in [-0.05, 0) is 134 Å². The third-order valence-electron chi connectivity index (χ3n) is 15.2. The molecule has 14 rings (SSSR count). The Balaban J connectivity index is 0.925. The van der Waals surface area contributed by atoms with Crippen LogP contribution in [0.3, 0.4) is 0 Å². The lowest BCUT2D eigenvalue weighted by molar-refractivity contribution is 1.27. The van der Waals surface area contributed by atoms with Gasteiger partial charge in [-0.3, -0.25) is 0 Å². The highest BCUT2D eigenvalue weighted by molar-refractivity contribution is 7.26. The third kappa shape index (κ3) is 9.02. The summed E-state index contributed by atoms with van der Waals surface area (Å²) in [6.07, 6.45) is 0. The van der Waals surface area contributed by atoms with Gasteiger partial charge in [0.1, 0.15) is 0 Å². The van der Waals surface area contributed by atoms with Gasteiger partial charge in [-0.1, -0.05) is 243 Å². The van der Waals surface area contributed by atoms with E-state index in [2.05, 4.69) is 325 Å². The molecule has 0 aliphatic carbocycles. The van der Waals surface area contributed by atoms with Crippen molar-refractivity contribution in [1.29, 1.82) is 0 Å². The SMILES string of the molecule is c1ccc(-c2ccccc2-c2cccc(N(c3cccc(-c4ccccc4N(c4ccc(-c5cccc6sc7cc8ccccc8cc7c56)cc4)c4ccccc4-c4ccccc4)c3)c3ccccc3-c3ccccc3)c2)cc1. The Morgan fingerprint density at radius 1 is 0.215 bits per heavy atom. The molecule has 79 heavy (non-hydrogen) atoms. The minimum absolute atomic E-state index is 1.05. The van der Waals surface area contributed by atoms with E-state index in [0.29, 0.717) is 0 Å². The van der Waals surface area contributed by atoms with Gasteiger partial charge in [0.15, 0.2) is 0 Å². The lowest BCUT2D eigenvalue weighted by Crippen LogP contribution is -2.13. The van der Waals surface area contributed by atoms with Crippen LogP contribution < -0.4 is 9.80 Å². The van der Waals surface area contributed by atoms with E-state index >= 15 is 0 Å². The highest BCUT2D eigenvalue weighted by atomic mass is 32.1. The number of anilines is 6. The molecule has 0 unspecified atom stereocenters. The van der Waals surface area contributed by atoms with Crippen LogP contribution in [0.4, 0.5) is 34.1 Å². The molecule has 0 bridgehead atoms. The van der Waals surface area contributed by atoms with Crippen LogP contribution in [0.5, 0.6) is 0 Å². The fourth-order valence-electron chi connectivity index (χ4n) is 11.6. The number of benzene rings is 13. The lowest BCUT2D eigenvalue weighted by Gasteiger charge is -2.31. The molecule has 0 radical (unpaired) electrons. The minimum atomic E-state index is 1.05. The predicted molar refractivity (Wildman–Crippen MR) is 339 cm³/mol. The summed E-state index contributed by atoms with van der Waals surface area (Å²) in [6, 6.07) is 115. The van der Waals surface area contributed by atoms with Crippen molar-refractivity contribution in [2.24, 2.45) is 0 Å². The van der Waals surface area contributed by atoms with Crippen LogP contribution >= 0.6 is 11.3 Å². The molecule has 0 amide bonds. The quantitative estimate of drug-likeness (QED) is 0.120. The van der Waals surface area contributed by atoms with E-state index < -0.39 is 0 Å². The monoisotopic (exact) mass is 1020 g/mol. The van der Waals surface area contributed by atoms with Crippen LogP contribution in [-0.2, 0) is 0 Å². The first-order valence-corrected chi connectivity index (χ1v) is 27.8. The Bertz CT molecular complexity index is 4490. The zero-order valence-corrected chi connectivity index (χ0v) is 44.1.